The molecule has 0 saturated carbocycles. The first-order valence-corrected chi connectivity index (χ1v) is 9.28. The molecule has 2 aromatic heterocycles. The molecule has 0 bridgehead atoms. The molecule has 5 nitrogen and oxygen atoms in total. The molecule has 0 saturated heterocycles. The van der Waals surface area contributed by atoms with E-state index in [1.165, 1.54) is 0 Å². The lowest BCUT2D eigenvalue weighted by Gasteiger charge is -2.11. The number of hydrogen-bond donors (Lipinski definition) is 0. The van der Waals surface area contributed by atoms with Crippen molar-refractivity contribution in [3.63, 3.8) is 0 Å². The molecule has 2 heterocycles. The molecule has 0 aliphatic carbocycles. The third kappa shape index (κ3) is 2.72. The highest BCUT2D eigenvalue weighted by atomic mass is 32.2. The maximum Gasteiger partial charge on any atom is 0.267 e. The number of hydrogen-bond acceptors (Lipinski definition) is 4. The number of aryl methyl sites for hydroxylation is 1. The molecule has 0 fully saturated rings. The van der Waals surface area contributed by atoms with E-state index in [2.05, 4.69) is 16.8 Å². The van der Waals surface area contributed by atoms with Crippen molar-refractivity contribution in [3.05, 3.63) is 76.6 Å². The van der Waals surface area contributed by atoms with Crippen LogP contribution in [0.5, 0.6) is 0 Å². The van der Waals surface area contributed by atoms with Crippen molar-refractivity contribution in [1.82, 2.24) is 19.2 Å². The van der Waals surface area contributed by atoms with Gasteiger partial charge in [0.15, 0.2) is 5.16 Å². The first-order valence-electron chi connectivity index (χ1n) is 8.29. The smallest absolute Gasteiger partial charge is 0.267 e. The zero-order chi connectivity index (χ0) is 18.3. The van der Waals surface area contributed by atoms with Crippen LogP contribution < -0.4 is 5.56 Å². The Bertz CT molecular complexity index is 1190. The molecule has 0 unspecified atom stereocenters. The van der Waals surface area contributed by atoms with Gasteiger partial charge in [-0.3, -0.25) is 9.20 Å². The van der Waals surface area contributed by atoms with E-state index in [0.717, 1.165) is 33.2 Å². The summed E-state index contributed by atoms with van der Waals surface area (Å²) in [7, 11) is 0. The minimum Gasteiger partial charge on any atom is -0.268 e. The van der Waals surface area contributed by atoms with E-state index in [9.17, 15) is 4.79 Å². The molecule has 0 N–H and O–H groups in total. The van der Waals surface area contributed by atoms with Gasteiger partial charge in [0, 0.05) is 5.75 Å². The average Bonchev–Trinajstić information content (AvgIpc) is 3.05. The van der Waals surface area contributed by atoms with E-state index < -0.39 is 0 Å². The van der Waals surface area contributed by atoms with Gasteiger partial charge in [0.1, 0.15) is 0 Å². The summed E-state index contributed by atoms with van der Waals surface area (Å²) >= 11 is 1.57. The molecular formula is C20H18N4OS. The molecule has 26 heavy (non-hydrogen) atoms. The van der Waals surface area contributed by atoms with Crippen LogP contribution in [0.4, 0.5) is 0 Å². The van der Waals surface area contributed by atoms with Crippen molar-refractivity contribution >= 4 is 28.4 Å². The standard InChI is InChI=1S/C20H18N4OS/c1-13(2)12-26-20-22-21-19-23(15-10-8-14(3)9-11-15)18(25)16-6-4-5-7-17(16)24(19)20/h4-11H,1,12H2,2-3H3. The van der Waals surface area contributed by atoms with Crippen molar-refractivity contribution in [2.45, 2.75) is 19.0 Å². The van der Waals surface area contributed by atoms with Gasteiger partial charge >= 0.3 is 0 Å². The SMILES string of the molecule is C=C(C)CSc1nnc2n(-c3ccc(C)cc3)c(=O)c3ccccc3n12. The van der Waals surface area contributed by atoms with Crippen LogP contribution in [0.15, 0.2) is 70.6 Å². The minimum absolute atomic E-state index is 0.0965. The maximum absolute atomic E-state index is 13.2. The first kappa shape index (κ1) is 16.6. The van der Waals surface area contributed by atoms with Crippen molar-refractivity contribution in [3.8, 4) is 5.69 Å². The fourth-order valence-electron chi connectivity index (χ4n) is 2.89. The number of thioether (sulfide) groups is 1. The molecule has 0 radical (unpaired) electrons. The largest absolute Gasteiger partial charge is 0.268 e. The lowest BCUT2D eigenvalue weighted by Crippen LogP contribution is -2.21. The predicted octanol–water partition coefficient (Wildman–Crippen LogP) is 4.01. The van der Waals surface area contributed by atoms with Crippen LogP contribution >= 0.6 is 11.8 Å². The van der Waals surface area contributed by atoms with Crippen LogP contribution in [-0.2, 0) is 0 Å². The summed E-state index contributed by atoms with van der Waals surface area (Å²) in [5.74, 6) is 1.26. The Hall–Kier alpha value is -2.86. The Morgan fingerprint density at radius 1 is 1.12 bits per heavy atom. The van der Waals surface area contributed by atoms with E-state index in [0.29, 0.717) is 11.2 Å². The summed E-state index contributed by atoms with van der Waals surface area (Å²) in [6.45, 7) is 7.95. The zero-order valence-electron chi connectivity index (χ0n) is 14.6. The first-order chi connectivity index (χ1) is 12.6. The maximum atomic E-state index is 13.2. The topological polar surface area (TPSA) is 52.2 Å². The average molecular weight is 362 g/mol. The van der Waals surface area contributed by atoms with Gasteiger partial charge in [-0.1, -0.05) is 53.7 Å². The number of benzene rings is 2. The van der Waals surface area contributed by atoms with E-state index in [-0.39, 0.29) is 5.56 Å². The molecule has 130 valence electrons. The van der Waals surface area contributed by atoms with Crippen molar-refractivity contribution in [1.29, 1.82) is 0 Å². The molecule has 0 aliphatic rings. The Labute approximate surface area is 155 Å². The van der Waals surface area contributed by atoms with Crippen LogP contribution in [0.2, 0.25) is 0 Å². The molecule has 0 aliphatic heterocycles. The Balaban J connectivity index is 2.08. The number of nitrogens with zero attached hydrogens (tertiary/aromatic N) is 4. The summed E-state index contributed by atoms with van der Waals surface area (Å²) in [6.07, 6.45) is 0. The van der Waals surface area contributed by atoms with Crippen LogP contribution in [0.25, 0.3) is 22.4 Å². The van der Waals surface area contributed by atoms with Crippen LogP contribution in [0, 0.1) is 6.92 Å². The van der Waals surface area contributed by atoms with Crippen molar-refractivity contribution in [2.24, 2.45) is 0 Å². The summed E-state index contributed by atoms with van der Waals surface area (Å²) in [5.41, 5.74) is 3.69. The van der Waals surface area contributed by atoms with Crippen molar-refractivity contribution < 1.29 is 0 Å². The van der Waals surface area contributed by atoms with Gasteiger partial charge in [-0.2, -0.15) is 0 Å². The van der Waals surface area contributed by atoms with Gasteiger partial charge in [-0.25, -0.2) is 4.57 Å². The summed E-state index contributed by atoms with van der Waals surface area (Å²) in [5, 5.41) is 10.1. The number of rotatable bonds is 4. The van der Waals surface area contributed by atoms with Crippen molar-refractivity contribution in [2.75, 3.05) is 5.75 Å². The van der Waals surface area contributed by atoms with E-state index >= 15 is 0 Å². The molecule has 0 spiro atoms. The lowest BCUT2D eigenvalue weighted by molar-refractivity contribution is 0.931. The van der Waals surface area contributed by atoms with Crippen LogP contribution in [0.1, 0.15) is 12.5 Å². The normalized spacial score (nSPS) is 11.3. The molecule has 2 aromatic carbocycles. The third-order valence-electron chi connectivity index (χ3n) is 4.13. The Morgan fingerprint density at radius 2 is 1.85 bits per heavy atom. The minimum atomic E-state index is -0.0965. The van der Waals surface area contributed by atoms with Gasteiger partial charge in [0.05, 0.1) is 16.6 Å². The Morgan fingerprint density at radius 3 is 2.58 bits per heavy atom. The van der Waals surface area contributed by atoms with E-state index in [1.807, 2.05) is 66.8 Å². The van der Waals surface area contributed by atoms with Gasteiger partial charge in [-0.05, 0) is 38.1 Å². The fraction of sp³-hybridized carbons (Fsp3) is 0.150. The predicted molar refractivity (Wildman–Crippen MR) is 106 cm³/mol. The van der Waals surface area contributed by atoms with E-state index in [1.54, 1.807) is 16.3 Å². The summed E-state index contributed by atoms with van der Waals surface area (Å²) < 4.78 is 3.57. The number of aromatic nitrogens is 4. The number of fused-ring (bicyclic) bond motifs is 3. The highest BCUT2D eigenvalue weighted by molar-refractivity contribution is 7.99. The second-order valence-electron chi connectivity index (χ2n) is 6.36. The lowest BCUT2D eigenvalue weighted by atomic mass is 10.2. The van der Waals surface area contributed by atoms with Gasteiger partial charge in [0.2, 0.25) is 5.78 Å². The monoisotopic (exact) mass is 362 g/mol. The quantitative estimate of drug-likeness (QED) is 0.407. The van der Waals surface area contributed by atoms with Gasteiger partial charge < -0.3 is 0 Å². The molecule has 6 heteroatoms. The fourth-order valence-corrected chi connectivity index (χ4v) is 3.67. The van der Waals surface area contributed by atoms with Crippen LogP contribution in [0.3, 0.4) is 0 Å². The third-order valence-corrected chi connectivity index (χ3v) is 5.29. The molecule has 0 atom stereocenters. The van der Waals surface area contributed by atoms with E-state index in [4.69, 9.17) is 0 Å². The molecule has 4 aromatic rings. The highest BCUT2D eigenvalue weighted by Crippen LogP contribution is 2.24. The van der Waals surface area contributed by atoms with Gasteiger partial charge in [0.25, 0.3) is 5.56 Å². The summed E-state index contributed by atoms with van der Waals surface area (Å²) in [4.78, 5) is 13.2. The van der Waals surface area contributed by atoms with Gasteiger partial charge in [-0.15, -0.1) is 10.2 Å². The molecule has 4 rings (SSSR count). The second-order valence-corrected chi connectivity index (χ2v) is 7.30. The highest BCUT2D eigenvalue weighted by Gasteiger charge is 2.17. The zero-order valence-corrected chi connectivity index (χ0v) is 15.5. The number of para-hydroxylation sites is 1. The summed E-state index contributed by atoms with van der Waals surface area (Å²) in [6, 6.07) is 15.4. The Kier molecular flexibility index (Phi) is 4.12. The van der Waals surface area contributed by atoms with Crippen LogP contribution in [-0.4, -0.2) is 24.9 Å². The molecular weight excluding hydrogens is 344 g/mol. The second kappa shape index (κ2) is 6.46. The molecule has 0 amide bonds.